The minimum atomic E-state index is -0.439. The monoisotopic (exact) mass is 320 g/mol. The number of nitrogens with zero attached hydrogens (tertiary/aromatic N) is 3. The molecule has 3 aromatic rings. The van der Waals surface area contributed by atoms with Gasteiger partial charge in [-0.05, 0) is 42.0 Å². The van der Waals surface area contributed by atoms with Gasteiger partial charge in [0.15, 0.2) is 10.6 Å². The smallest absolute Gasteiger partial charge is 0.195 e. The Morgan fingerprint density at radius 1 is 1.24 bits per heavy atom. The molecule has 0 aliphatic heterocycles. The minimum absolute atomic E-state index is 0.0907. The van der Waals surface area contributed by atoms with Crippen LogP contribution in [-0.4, -0.2) is 19.7 Å². The molecule has 0 amide bonds. The third-order valence-corrected chi connectivity index (χ3v) is 3.62. The Morgan fingerprint density at radius 2 is 2.00 bits per heavy atom. The van der Waals surface area contributed by atoms with Gasteiger partial charge in [-0.1, -0.05) is 17.7 Å². The Balaban J connectivity index is 2.01. The van der Waals surface area contributed by atoms with Crippen molar-refractivity contribution < 1.29 is 4.39 Å². The third-order valence-electron chi connectivity index (χ3n) is 3.02. The molecule has 2 heterocycles. The van der Waals surface area contributed by atoms with Crippen molar-refractivity contribution >= 4 is 23.8 Å². The van der Waals surface area contributed by atoms with Crippen LogP contribution >= 0.6 is 23.8 Å². The van der Waals surface area contributed by atoms with E-state index in [0.29, 0.717) is 17.1 Å². The molecule has 1 N–H and O–H groups in total. The molecular formula is C14H10ClFN4S. The van der Waals surface area contributed by atoms with Crippen molar-refractivity contribution in [2.75, 3.05) is 0 Å². The Bertz CT molecular complexity index is 828. The summed E-state index contributed by atoms with van der Waals surface area (Å²) in [6.07, 6.45) is 3.37. The first kappa shape index (κ1) is 13.9. The molecule has 7 heteroatoms. The number of H-pyrrole nitrogens is 1. The summed E-state index contributed by atoms with van der Waals surface area (Å²) < 4.78 is 15.5. The molecule has 0 unspecified atom stereocenters. The SMILES string of the molecule is Fc1ccc(Cn2c(-c3ccncc3)n[nH]c2=S)cc1Cl. The molecule has 0 aliphatic carbocycles. The predicted molar refractivity (Wildman–Crippen MR) is 81.2 cm³/mol. The van der Waals surface area contributed by atoms with Gasteiger partial charge in [-0.25, -0.2) is 4.39 Å². The summed E-state index contributed by atoms with van der Waals surface area (Å²) >= 11 is 11.1. The first-order valence-corrected chi connectivity index (χ1v) is 6.93. The van der Waals surface area contributed by atoms with Crippen LogP contribution in [0.5, 0.6) is 0 Å². The highest BCUT2D eigenvalue weighted by Crippen LogP contribution is 2.20. The van der Waals surface area contributed by atoms with E-state index < -0.39 is 5.82 Å². The van der Waals surface area contributed by atoms with Crippen LogP contribution in [0, 0.1) is 10.6 Å². The summed E-state index contributed by atoms with van der Waals surface area (Å²) in [6, 6.07) is 8.29. The summed E-state index contributed by atoms with van der Waals surface area (Å²) in [6.45, 7) is 0.451. The van der Waals surface area contributed by atoms with Crippen molar-refractivity contribution in [2.45, 2.75) is 6.54 Å². The van der Waals surface area contributed by atoms with Gasteiger partial charge in [0.05, 0.1) is 11.6 Å². The lowest BCUT2D eigenvalue weighted by atomic mass is 10.2. The van der Waals surface area contributed by atoms with E-state index in [2.05, 4.69) is 15.2 Å². The molecule has 1 aromatic carbocycles. The highest BCUT2D eigenvalue weighted by atomic mass is 35.5. The van der Waals surface area contributed by atoms with Crippen molar-refractivity contribution in [3.05, 3.63) is 63.9 Å². The predicted octanol–water partition coefficient (Wildman–Crippen LogP) is 3.84. The van der Waals surface area contributed by atoms with E-state index in [1.807, 2.05) is 16.7 Å². The lowest BCUT2D eigenvalue weighted by Gasteiger charge is -2.07. The topological polar surface area (TPSA) is 46.5 Å². The lowest BCUT2D eigenvalue weighted by molar-refractivity contribution is 0.626. The van der Waals surface area contributed by atoms with Gasteiger partial charge in [0.2, 0.25) is 0 Å². The highest BCUT2D eigenvalue weighted by molar-refractivity contribution is 7.71. The second kappa shape index (κ2) is 5.75. The van der Waals surface area contributed by atoms with Crippen molar-refractivity contribution in [1.29, 1.82) is 0 Å². The van der Waals surface area contributed by atoms with Gasteiger partial charge in [0.25, 0.3) is 0 Å². The van der Waals surface area contributed by atoms with Gasteiger partial charge >= 0.3 is 0 Å². The van der Waals surface area contributed by atoms with E-state index in [0.717, 1.165) is 11.1 Å². The zero-order chi connectivity index (χ0) is 14.8. The third kappa shape index (κ3) is 2.86. The lowest BCUT2D eigenvalue weighted by Crippen LogP contribution is -2.03. The first-order chi connectivity index (χ1) is 10.1. The van der Waals surface area contributed by atoms with Crippen LogP contribution in [0.1, 0.15) is 5.56 Å². The molecular weight excluding hydrogens is 311 g/mol. The van der Waals surface area contributed by atoms with Gasteiger partial charge in [0, 0.05) is 18.0 Å². The average Bonchev–Trinajstić information content (AvgIpc) is 2.85. The molecule has 106 valence electrons. The molecule has 3 rings (SSSR count). The number of aromatic nitrogens is 4. The van der Waals surface area contributed by atoms with Crippen molar-refractivity contribution in [3.63, 3.8) is 0 Å². The molecule has 2 aromatic heterocycles. The number of rotatable bonds is 3. The Hall–Kier alpha value is -2.05. The summed E-state index contributed by atoms with van der Waals surface area (Å²) in [4.78, 5) is 3.98. The van der Waals surface area contributed by atoms with Crippen molar-refractivity contribution in [3.8, 4) is 11.4 Å². The molecule has 0 atom stereocenters. The fourth-order valence-corrected chi connectivity index (χ4v) is 2.41. The summed E-state index contributed by atoms with van der Waals surface area (Å²) in [5.41, 5.74) is 1.74. The van der Waals surface area contributed by atoms with E-state index in [1.54, 1.807) is 24.5 Å². The Labute approximate surface area is 130 Å². The fraction of sp³-hybridized carbons (Fsp3) is 0.0714. The highest BCUT2D eigenvalue weighted by Gasteiger charge is 2.10. The maximum Gasteiger partial charge on any atom is 0.195 e. The zero-order valence-corrected chi connectivity index (χ0v) is 12.3. The second-order valence-corrected chi connectivity index (χ2v) is 5.22. The molecule has 0 saturated carbocycles. The van der Waals surface area contributed by atoms with Crippen LogP contribution in [0.4, 0.5) is 4.39 Å². The maximum atomic E-state index is 13.2. The normalized spacial score (nSPS) is 10.8. The molecule has 0 aliphatic rings. The fourth-order valence-electron chi connectivity index (χ4n) is 2.01. The van der Waals surface area contributed by atoms with Gasteiger partial charge in [-0.2, -0.15) is 5.10 Å². The second-order valence-electron chi connectivity index (χ2n) is 4.42. The van der Waals surface area contributed by atoms with Gasteiger partial charge in [0.1, 0.15) is 5.82 Å². The quantitative estimate of drug-likeness (QED) is 0.746. The van der Waals surface area contributed by atoms with Crippen molar-refractivity contribution in [2.24, 2.45) is 0 Å². The number of nitrogens with one attached hydrogen (secondary N) is 1. The molecule has 0 saturated heterocycles. The van der Waals surface area contributed by atoms with Crippen molar-refractivity contribution in [1.82, 2.24) is 19.7 Å². The summed E-state index contributed by atoms with van der Waals surface area (Å²) in [5, 5.41) is 7.09. The van der Waals surface area contributed by atoms with Crippen LogP contribution in [0.25, 0.3) is 11.4 Å². The van der Waals surface area contributed by atoms with Crippen LogP contribution in [0.3, 0.4) is 0 Å². The number of aromatic amines is 1. The number of hydrogen-bond acceptors (Lipinski definition) is 3. The van der Waals surface area contributed by atoms with E-state index in [-0.39, 0.29) is 5.02 Å². The van der Waals surface area contributed by atoms with E-state index in [9.17, 15) is 4.39 Å². The van der Waals surface area contributed by atoms with E-state index in [4.69, 9.17) is 23.8 Å². The van der Waals surface area contributed by atoms with Gasteiger partial charge < -0.3 is 0 Å². The molecule has 21 heavy (non-hydrogen) atoms. The van der Waals surface area contributed by atoms with Gasteiger partial charge in [-0.15, -0.1) is 0 Å². The largest absolute Gasteiger partial charge is 0.296 e. The zero-order valence-electron chi connectivity index (χ0n) is 10.8. The van der Waals surface area contributed by atoms with Crippen LogP contribution in [-0.2, 0) is 6.54 Å². The van der Waals surface area contributed by atoms with E-state index >= 15 is 0 Å². The van der Waals surface area contributed by atoms with Crippen LogP contribution < -0.4 is 0 Å². The molecule has 4 nitrogen and oxygen atoms in total. The summed E-state index contributed by atoms with van der Waals surface area (Å²) in [5.74, 6) is 0.258. The molecule has 0 radical (unpaired) electrons. The number of halogens is 2. The van der Waals surface area contributed by atoms with E-state index in [1.165, 1.54) is 6.07 Å². The number of hydrogen-bond donors (Lipinski definition) is 1. The molecule has 0 spiro atoms. The molecule has 0 fully saturated rings. The first-order valence-electron chi connectivity index (χ1n) is 6.14. The summed E-state index contributed by atoms with van der Waals surface area (Å²) in [7, 11) is 0. The standard InChI is InChI=1S/C14H10ClFN4S/c15-11-7-9(1-2-12(11)16)8-20-13(18-19-14(20)21)10-3-5-17-6-4-10/h1-7H,8H2,(H,19,21). The van der Waals surface area contributed by atoms with Gasteiger partial charge in [-0.3, -0.25) is 14.6 Å². The Morgan fingerprint density at radius 3 is 2.71 bits per heavy atom. The average molecular weight is 321 g/mol. The maximum absolute atomic E-state index is 13.2. The molecule has 0 bridgehead atoms. The Kier molecular flexibility index (Phi) is 3.81. The minimum Gasteiger partial charge on any atom is -0.296 e. The number of benzene rings is 1. The van der Waals surface area contributed by atoms with Crippen LogP contribution in [0.2, 0.25) is 5.02 Å². The number of pyridine rings is 1. The van der Waals surface area contributed by atoms with Crippen LogP contribution in [0.15, 0.2) is 42.7 Å².